The molecule has 0 aliphatic heterocycles. The van der Waals surface area contributed by atoms with Crippen LogP contribution in [0.15, 0.2) is 22.7 Å². The van der Waals surface area contributed by atoms with Gasteiger partial charge in [-0.15, -0.1) is 11.3 Å². The molecular weight excluding hydrogens is 333 g/mol. The maximum absolute atomic E-state index is 13.9. The lowest BCUT2D eigenvalue weighted by Crippen LogP contribution is -1.99. The average molecular weight is 344 g/mol. The van der Waals surface area contributed by atoms with Crippen molar-refractivity contribution in [3.8, 4) is 10.4 Å². The van der Waals surface area contributed by atoms with Crippen molar-refractivity contribution >= 4 is 38.9 Å². The highest BCUT2D eigenvalue weighted by Gasteiger charge is 2.22. The van der Waals surface area contributed by atoms with Crippen LogP contribution in [-0.2, 0) is 6.42 Å². The monoisotopic (exact) mass is 343 g/mol. The molecule has 0 bridgehead atoms. The smallest absolute Gasteiger partial charge is 0.348 e. The van der Waals surface area contributed by atoms with E-state index in [1.165, 1.54) is 6.07 Å². The molecule has 100 valence electrons. The Morgan fingerprint density at radius 3 is 2.79 bits per heavy atom. The lowest BCUT2D eigenvalue weighted by molar-refractivity contribution is 0.0703. The number of carboxylic acid groups (broad SMARTS) is 1. The van der Waals surface area contributed by atoms with Crippen molar-refractivity contribution in [2.75, 3.05) is 5.73 Å². The second kappa shape index (κ2) is 5.30. The van der Waals surface area contributed by atoms with Gasteiger partial charge in [0, 0.05) is 14.9 Å². The van der Waals surface area contributed by atoms with E-state index < -0.39 is 11.8 Å². The average Bonchev–Trinajstić information content (AvgIpc) is 2.69. The zero-order valence-corrected chi connectivity index (χ0v) is 12.4. The number of thiophene rings is 1. The van der Waals surface area contributed by atoms with Crippen LogP contribution >= 0.6 is 27.3 Å². The number of halogens is 2. The Morgan fingerprint density at radius 1 is 1.53 bits per heavy atom. The third-order valence-corrected chi connectivity index (χ3v) is 4.53. The van der Waals surface area contributed by atoms with Gasteiger partial charge in [0.25, 0.3) is 0 Å². The molecule has 2 aromatic rings. The van der Waals surface area contributed by atoms with Crippen molar-refractivity contribution in [2.24, 2.45) is 0 Å². The Bertz CT molecular complexity index is 654. The predicted molar refractivity (Wildman–Crippen MR) is 78.2 cm³/mol. The fourth-order valence-corrected chi connectivity index (χ4v) is 3.41. The van der Waals surface area contributed by atoms with Crippen LogP contribution in [0.3, 0.4) is 0 Å². The Hall–Kier alpha value is -1.40. The maximum Gasteiger partial charge on any atom is 0.348 e. The molecule has 19 heavy (non-hydrogen) atoms. The highest BCUT2D eigenvalue weighted by atomic mass is 79.9. The Labute approximate surface area is 122 Å². The summed E-state index contributed by atoms with van der Waals surface area (Å²) in [5.74, 6) is -1.48. The summed E-state index contributed by atoms with van der Waals surface area (Å²) < 4.78 is 14.6. The largest absolute Gasteiger partial charge is 0.477 e. The molecule has 1 aromatic carbocycles. The van der Waals surface area contributed by atoms with Crippen LogP contribution in [0, 0.1) is 5.82 Å². The SMILES string of the molecule is CCc1c(-c2cc(Br)ccc2F)sc(C(=O)O)c1N. The van der Waals surface area contributed by atoms with Crippen LogP contribution in [0.4, 0.5) is 10.1 Å². The number of hydrogen-bond donors (Lipinski definition) is 2. The molecule has 0 aliphatic carbocycles. The van der Waals surface area contributed by atoms with E-state index in [-0.39, 0.29) is 10.6 Å². The number of nitrogen functional groups attached to an aromatic ring is 1. The minimum absolute atomic E-state index is 0.0613. The second-order valence-corrected chi connectivity index (χ2v) is 5.87. The zero-order chi connectivity index (χ0) is 14.2. The summed E-state index contributed by atoms with van der Waals surface area (Å²) in [7, 11) is 0. The van der Waals surface area contributed by atoms with Gasteiger partial charge < -0.3 is 10.8 Å². The number of anilines is 1. The molecule has 0 amide bonds. The van der Waals surface area contributed by atoms with Crippen LogP contribution < -0.4 is 5.73 Å². The molecule has 6 heteroatoms. The molecule has 0 aliphatic rings. The van der Waals surface area contributed by atoms with E-state index in [2.05, 4.69) is 15.9 Å². The first-order chi connectivity index (χ1) is 8.95. The molecule has 1 aromatic heterocycles. The van der Waals surface area contributed by atoms with Gasteiger partial charge in [-0.1, -0.05) is 22.9 Å². The number of hydrogen-bond acceptors (Lipinski definition) is 3. The Kier molecular flexibility index (Phi) is 3.91. The molecule has 0 spiro atoms. The normalized spacial score (nSPS) is 10.7. The maximum atomic E-state index is 13.9. The van der Waals surface area contributed by atoms with Crippen molar-refractivity contribution < 1.29 is 14.3 Å². The van der Waals surface area contributed by atoms with Crippen molar-refractivity contribution in [1.82, 2.24) is 0 Å². The van der Waals surface area contributed by atoms with E-state index >= 15 is 0 Å². The number of carbonyl (C=O) groups is 1. The van der Waals surface area contributed by atoms with Crippen LogP contribution in [0.25, 0.3) is 10.4 Å². The number of aromatic carboxylic acids is 1. The summed E-state index contributed by atoms with van der Waals surface area (Å²) >= 11 is 4.29. The fraction of sp³-hybridized carbons (Fsp3) is 0.154. The molecule has 1 heterocycles. The number of nitrogens with two attached hydrogens (primary N) is 1. The lowest BCUT2D eigenvalue weighted by Gasteiger charge is -2.05. The Balaban J connectivity index is 2.71. The van der Waals surface area contributed by atoms with Crippen molar-refractivity contribution in [3.63, 3.8) is 0 Å². The summed E-state index contributed by atoms with van der Waals surface area (Å²) in [5, 5.41) is 9.10. The molecule has 0 radical (unpaired) electrons. The van der Waals surface area contributed by atoms with Crippen LogP contribution in [-0.4, -0.2) is 11.1 Å². The molecule has 3 N–H and O–H groups in total. The van der Waals surface area contributed by atoms with E-state index in [4.69, 9.17) is 10.8 Å². The first-order valence-electron chi connectivity index (χ1n) is 5.55. The molecule has 3 nitrogen and oxygen atoms in total. The summed E-state index contributed by atoms with van der Waals surface area (Å²) in [6.07, 6.45) is 0.552. The number of carboxylic acids is 1. The van der Waals surface area contributed by atoms with Gasteiger partial charge in [-0.3, -0.25) is 0 Å². The van der Waals surface area contributed by atoms with Gasteiger partial charge in [0.15, 0.2) is 0 Å². The lowest BCUT2D eigenvalue weighted by atomic mass is 10.1. The van der Waals surface area contributed by atoms with Gasteiger partial charge in [0.2, 0.25) is 0 Å². The topological polar surface area (TPSA) is 63.3 Å². The minimum Gasteiger partial charge on any atom is -0.477 e. The van der Waals surface area contributed by atoms with Crippen molar-refractivity contribution in [2.45, 2.75) is 13.3 Å². The quantitative estimate of drug-likeness (QED) is 0.879. The molecule has 0 saturated heterocycles. The van der Waals surface area contributed by atoms with E-state index in [0.717, 1.165) is 15.8 Å². The summed E-state index contributed by atoms with van der Waals surface area (Å²) in [4.78, 5) is 11.8. The van der Waals surface area contributed by atoms with Crippen LogP contribution in [0.1, 0.15) is 22.2 Å². The van der Waals surface area contributed by atoms with E-state index in [0.29, 0.717) is 22.4 Å². The third-order valence-electron chi connectivity index (χ3n) is 2.77. The van der Waals surface area contributed by atoms with Gasteiger partial charge in [-0.2, -0.15) is 0 Å². The fourth-order valence-electron chi connectivity index (χ4n) is 1.88. The molecule has 0 fully saturated rings. The van der Waals surface area contributed by atoms with Gasteiger partial charge in [-0.25, -0.2) is 9.18 Å². The summed E-state index contributed by atoms with van der Waals surface area (Å²) in [6, 6.07) is 4.57. The molecular formula is C13H11BrFNO2S. The van der Waals surface area contributed by atoms with Crippen LogP contribution in [0.5, 0.6) is 0 Å². The van der Waals surface area contributed by atoms with Gasteiger partial charge >= 0.3 is 5.97 Å². The van der Waals surface area contributed by atoms with E-state index in [1.807, 2.05) is 6.92 Å². The summed E-state index contributed by atoms with van der Waals surface area (Å²) in [6.45, 7) is 1.86. The zero-order valence-electron chi connectivity index (χ0n) is 10.0. The standard InChI is InChI=1S/C13H11BrFNO2S/c1-2-7-10(16)12(13(17)18)19-11(7)8-5-6(14)3-4-9(8)15/h3-5H,2,16H2,1H3,(H,17,18). The van der Waals surface area contributed by atoms with Crippen molar-refractivity contribution in [1.29, 1.82) is 0 Å². The Morgan fingerprint density at radius 2 is 2.21 bits per heavy atom. The molecule has 0 saturated carbocycles. The third kappa shape index (κ3) is 2.50. The highest BCUT2D eigenvalue weighted by molar-refractivity contribution is 9.10. The first-order valence-corrected chi connectivity index (χ1v) is 7.16. The minimum atomic E-state index is -1.08. The predicted octanol–water partition coefficient (Wildman–Crippen LogP) is 4.16. The van der Waals surface area contributed by atoms with Gasteiger partial charge in [-0.05, 0) is 30.2 Å². The first kappa shape index (κ1) is 14.0. The van der Waals surface area contributed by atoms with E-state index in [1.54, 1.807) is 12.1 Å². The molecule has 0 atom stereocenters. The molecule has 2 rings (SSSR count). The highest BCUT2D eigenvalue weighted by Crippen LogP contribution is 2.40. The summed E-state index contributed by atoms with van der Waals surface area (Å²) in [5.41, 5.74) is 7.12. The van der Waals surface area contributed by atoms with Gasteiger partial charge in [0.1, 0.15) is 10.7 Å². The van der Waals surface area contributed by atoms with Crippen LogP contribution in [0.2, 0.25) is 0 Å². The van der Waals surface area contributed by atoms with Crippen molar-refractivity contribution in [3.05, 3.63) is 38.9 Å². The van der Waals surface area contributed by atoms with Gasteiger partial charge in [0.05, 0.1) is 5.69 Å². The number of rotatable bonds is 3. The number of benzene rings is 1. The molecule has 0 unspecified atom stereocenters. The van der Waals surface area contributed by atoms with E-state index in [9.17, 15) is 9.18 Å². The second-order valence-electron chi connectivity index (χ2n) is 3.94.